The molecule has 2 unspecified atom stereocenters. The molecular formula is C33H36O3S. The molecule has 4 heteroatoms. The molecule has 4 saturated carbocycles. The lowest BCUT2D eigenvalue weighted by Gasteiger charge is -2.60. The van der Waals surface area contributed by atoms with Crippen LogP contribution >= 0.6 is 10.5 Å². The highest BCUT2D eigenvalue weighted by molar-refractivity contribution is 7.50. The Balaban J connectivity index is 0.000000153. The summed E-state index contributed by atoms with van der Waals surface area (Å²) < 4.78 is 2.91. The van der Waals surface area contributed by atoms with Crippen molar-refractivity contribution >= 4 is 36.6 Å². The molecule has 4 bridgehead atoms. The third kappa shape index (κ3) is 4.28. The third-order valence-electron chi connectivity index (χ3n) is 8.92. The van der Waals surface area contributed by atoms with Crippen LogP contribution in [0.1, 0.15) is 64.9 Å². The summed E-state index contributed by atoms with van der Waals surface area (Å²) in [5.41, 5.74) is 0.237. The van der Waals surface area contributed by atoms with Crippen molar-refractivity contribution in [2.24, 2.45) is 17.3 Å². The van der Waals surface area contributed by atoms with Crippen LogP contribution in [-0.4, -0.2) is 16.7 Å². The number of rotatable bonds is 2. The van der Waals surface area contributed by atoms with Crippen molar-refractivity contribution in [1.29, 1.82) is 0 Å². The van der Waals surface area contributed by atoms with Gasteiger partial charge >= 0.3 is 0 Å². The highest BCUT2D eigenvalue weighted by Gasteiger charge is 2.57. The van der Waals surface area contributed by atoms with E-state index in [-0.39, 0.29) is 15.9 Å². The summed E-state index contributed by atoms with van der Waals surface area (Å²) >= 11 is 0. The van der Waals surface area contributed by atoms with Crippen molar-refractivity contribution in [2.45, 2.75) is 70.3 Å². The van der Waals surface area contributed by atoms with Crippen LogP contribution in [0.3, 0.4) is 0 Å². The first-order valence-corrected chi connectivity index (χ1v) is 14.8. The topological polar surface area (TPSA) is 60.4 Å². The van der Waals surface area contributed by atoms with Gasteiger partial charge in [0.05, 0.1) is 5.60 Å². The van der Waals surface area contributed by atoms with Gasteiger partial charge in [0, 0.05) is 32.6 Å². The second-order valence-electron chi connectivity index (χ2n) is 12.8. The van der Waals surface area contributed by atoms with E-state index in [0.717, 1.165) is 32.1 Å². The van der Waals surface area contributed by atoms with Gasteiger partial charge < -0.3 is 15.0 Å². The van der Waals surface area contributed by atoms with Crippen LogP contribution in [0.15, 0.2) is 72.8 Å². The van der Waals surface area contributed by atoms with Gasteiger partial charge in [-0.3, -0.25) is 0 Å². The highest BCUT2D eigenvalue weighted by atomic mass is 32.2. The number of aliphatic hydroxyl groups is 1. The van der Waals surface area contributed by atoms with E-state index < -0.39 is 17.0 Å². The standard InChI is InChI=1S/C22H21S.C11H16O3/c1-22(2,3)16-12-14-17(15-13-16)23-20-10-6-4-8-18(20)19-9-5-7-11-21(19)23;12-9(13)10-2-7-1-8(3-10)5-11(14,4-7)6-10/h4-15H,1-3H3;7-8,14H,1-6H2,(H,12,13)/q+1;/p-1. The zero-order valence-electron chi connectivity index (χ0n) is 22.0. The molecule has 1 heterocycles. The minimum atomic E-state index is -0.926. The van der Waals surface area contributed by atoms with Gasteiger partial charge in [0.2, 0.25) is 0 Å². The molecule has 0 radical (unpaired) electrons. The number of carboxylic acid groups (broad SMARTS) is 1. The summed E-state index contributed by atoms with van der Waals surface area (Å²) in [6.45, 7) is 6.80. The molecule has 0 saturated heterocycles. The molecule has 4 fully saturated rings. The molecule has 37 heavy (non-hydrogen) atoms. The quantitative estimate of drug-likeness (QED) is 0.292. The molecule has 4 aliphatic rings. The Labute approximate surface area is 222 Å². The van der Waals surface area contributed by atoms with Gasteiger partial charge in [0.15, 0.2) is 14.3 Å². The molecule has 1 N–H and O–H groups in total. The first-order chi connectivity index (χ1) is 17.6. The first kappa shape index (κ1) is 24.6. The number of hydrogen-bond donors (Lipinski definition) is 1. The van der Waals surface area contributed by atoms with E-state index in [2.05, 4.69) is 93.6 Å². The predicted molar refractivity (Wildman–Crippen MR) is 151 cm³/mol. The van der Waals surface area contributed by atoms with Crippen LogP contribution in [0.2, 0.25) is 0 Å². The van der Waals surface area contributed by atoms with Gasteiger partial charge in [0.1, 0.15) is 0 Å². The van der Waals surface area contributed by atoms with Crippen LogP contribution in [0.4, 0.5) is 0 Å². The fraction of sp³-hybridized carbons (Fsp3) is 0.424. The van der Waals surface area contributed by atoms with Gasteiger partial charge in [-0.1, -0.05) is 57.2 Å². The minimum Gasteiger partial charge on any atom is -0.550 e. The fourth-order valence-corrected chi connectivity index (χ4v) is 10.0. The normalized spacial score (nSPS) is 28.3. The first-order valence-electron chi connectivity index (χ1n) is 13.5. The maximum atomic E-state index is 11.2. The maximum Gasteiger partial charge on any atom is 0.187 e. The zero-order chi connectivity index (χ0) is 26.0. The van der Waals surface area contributed by atoms with E-state index >= 15 is 0 Å². The summed E-state index contributed by atoms with van der Waals surface area (Å²) in [5, 5.41) is 24.2. The Morgan fingerprint density at radius 3 is 1.81 bits per heavy atom. The maximum absolute atomic E-state index is 11.2. The van der Waals surface area contributed by atoms with Crippen molar-refractivity contribution in [1.82, 2.24) is 0 Å². The van der Waals surface area contributed by atoms with Crippen LogP contribution < -0.4 is 5.11 Å². The number of carbonyl (C=O) groups excluding carboxylic acids is 1. The van der Waals surface area contributed by atoms with Crippen molar-refractivity contribution in [3.8, 4) is 4.90 Å². The number of carboxylic acids is 1. The highest BCUT2D eigenvalue weighted by Crippen LogP contribution is 2.61. The van der Waals surface area contributed by atoms with Gasteiger partial charge in [-0.15, -0.1) is 0 Å². The number of hydrogen-bond acceptors (Lipinski definition) is 3. The SMILES string of the molecule is CC(C)(C)c1ccc(-[s+]2c3ccccc3c3ccccc32)cc1.O=C([O-])C12CC3CC(CC(O)(C3)C1)C2. The molecule has 1 aromatic heterocycles. The number of fused-ring (bicyclic) bond motifs is 3. The molecule has 0 spiro atoms. The molecule has 8 rings (SSSR count). The van der Waals surface area contributed by atoms with Crippen LogP contribution in [0.5, 0.6) is 0 Å². The van der Waals surface area contributed by atoms with Crippen LogP contribution in [0, 0.1) is 17.3 Å². The molecule has 4 aliphatic carbocycles. The summed E-state index contributed by atoms with van der Waals surface area (Å²) in [7, 11) is 0.0244. The Kier molecular flexibility index (Phi) is 5.78. The Bertz CT molecular complexity index is 1410. The number of carbonyl (C=O) groups is 1. The summed E-state index contributed by atoms with van der Waals surface area (Å²) in [4.78, 5) is 12.6. The second kappa shape index (κ2) is 8.68. The summed E-state index contributed by atoms with van der Waals surface area (Å²) in [6, 6.07) is 26.9. The van der Waals surface area contributed by atoms with E-state index in [1.54, 1.807) is 0 Å². The fourth-order valence-electron chi connectivity index (χ4n) is 7.65. The lowest BCUT2D eigenvalue weighted by Crippen LogP contribution is -2.60. The van der Waals surface area contributed by atoms with Crippen molar-refractivity contribution in [3.63, 3.8) is 0 Å². The Morgan fingerprint density at radius 1 is 0.838 bits per heavy atom. The van der Waals surface area contributed by atoms with E-state index in [9.17, 15) is 15.0 Å². The van der Waals surface area contributed by atoms with Crippen LogP contribution in [0.25, 0.3) is 25.1 Å². The molecule has 3 aromatic carbocycles. The van der Waals surface area contributed by atoms with Crippen molar-refractivity contribution in [2.75, 3.05) is 0 Å². The molecule has 192 valence electrons. The molecule has 0 amide bonds. The van der Waals surface area contributed by atoms with Gasteiger partial charge in [0.25, 0.3) is 0 Å². The molecular weight excluding hydrogens is 476 g/mol. The Morgan fingerprint density at radius 2 is 1.35 bits per heavy atom. The summed E-state index contributed by atoms with van der Waals surface area (Å²) in [5.74, 6) is -0.0664. The number of aliphatic carboxylic acids is 1. The van der Waals surface area contributed by atoms with Gasteiger partial charge in [-0.25, -0.2) is 0 Å². The number of thiophene rings is 1. The monoisotopic (exact) mass is 512 g/mol. The van der Waals surface area contributed by atoms with Crippen LogP contribution in [-0.2, 0) is 10.2 Å². The van der Waals surface area contributed by atoms with E-state index in [0.29, 0.717) is 18.3 Å². The summed E-state index contributed by atoms with van der Waals surface area (Å²) in [6.07, 6.45) is 4.69. The third-order valence-corrected chi connectivity index (χ3v) is 11.3. The predicted octanol–water partition coefficient (Wildman–Crippen LogP) is 7.10. The van der Waals surface area contributed by atoms with E-state index in [4.69, 9.17) is 0 Å². The van der Waals surface area contributed by atoms with Gasteiger partial charge in [-0.05, 0) is 97.7 Å². The Hall–Kier alpha value is -2.69. The van der Waals surface area contributed by atoms with Gasteiger partial charge in [-0.2, -0.15) is 0 Å². The molecule has 0 aliphatic heterocycles. The largest absolute Gasteiger partial charge is 0.550 e. The lowest BCUT2D eigenvalue weighted by molar-refractivity contribution is -0.331. The molecule has 3 nitrogen and oxygen atoms in total. The average Bonchev–Trinajstić information content (AvgIpc) is 3.17. The average molecular weight is 513 g/mol. The smallest absolute Gasteiger partial charge is 0.187 e. The lowest BCUT2D eigenvalue weighted by atomic mass is 9.48. The number of benzene rings is 3. The van der Waals surface area contributed by atoms with Crippen molar-refractivity contribution in [3.05, 3.63) is 78.4 Å². The molecule has 4 aromatic rings. The molecule has 2 atom stereocenters. The second-order valence-corrected chi connectivity index (χ2v) is 14.8. The van der Waals surface area contributed by atoms with Crippen molar-refractivity contribution < 1.29 is 15.0 Å². The van der Waals surface area contributed by atoms with E-state index in [1.807, 2.05) is 0 Å². The van der Waals surface area contributed by atoms with E-state index in [1.165, 1.54) is 30.6 Å². The zero-order valence-corrected chi connectivity index (χ0v) is 22.8. The minimum absolute atomic E-state index is 0.0244.